The number of hydrogen-bond acceptors (Lipinski definition) is 5. The Bertz CT molecular complexity index is 1020. The first kappa shape index (κ1) is 20.2. The third-order valence-corrected chi connectivity index (χ3v) is 4.47. The Morgan fingerprint density at radius 1 is 0.931 bits per heavy atom. The minimum Gasteiger partial charge on any atom is -0.455 e. The number of amides is 1. The van der Waals surface area contributed by atoms with Gasteiger partial charge in [0.15, 0.2) is 11.5 Å². The van der Waals surface area contributed by atoms with E-state index in [2.05, 4.69) is 5.32 Å². The predicted octanol–water partition coefficient (Wildman–Crippen LogP) is 4.30. The lowest BCUT2D eigenvalue weighted by Gasteiger charge is -2.12. The van der Waals surface area contributed by atoms with E-state index in [-0.39, 0.29) is 30.3 Å². The number of nitrogens with one attached hydrogen (secondary N) is 1. The smallest absolute Gasteiger partial charge is 0.251 e. The van der Waals surface area contributed by atoms with Crippen molar-refractivity contribution in [2.24, 2.45) is 0 Å². The first-order valence-electron chi connectivity index (χ1n) is 8.93. The van der Waals surface area contributed by atoms with E-state index in [1.807, 2.05) is 0 Å². The molecule has 0 saturated carbocycles. The molecule has 3 rings (SSSR count). The molecule has 0 unspecified atom stereocenters. The molecule has 0 aliphatic rings. The SMILES string of the molecule is Nc1ccc(C(=O)NCCC(=O)c2cccc(Oc3ccc(Cl)cc3)c2N)cc1. The summed E-state index contributed by atoms with van der Waals surface area (Å²) in [6, 6.07) is 18.4. The number of hydrogen-bond donors (Lipinski definition) is 3. The van der Waals surface area contributed by atoms with Crippen LogP contribution in [0.4, 0.5) is 11.4 Å². The largest absolute Gasteiger partial charge is 0.455 e. The van der Waals surface area contributed by atoms with Crippen LogP contribution in [0, 0.1) is 0 Å². The van der Waals surface area contributed by atoms with E-state index >= 15 is 0 Å². The highest BCUT2D eigenvalue weighted by Crippen LogP contribution is 2.31. The molecule has 3 aromatic rings. The zero-order chi connectivity index (χ0) is 20.8. The van der Waals surface area contributed by atoms with Crippen LogP contribution < -0.4 is 21.5 Å². The molecule has 0 atom stereocenters. The summed E-state index contributed by atoms with van der Waals surface area (Å²) in [5, 5.41) is 3.31. The molecule has 0 aliphatic carbocycles. The zero-order valence-corrected chi connectivity index (χ0v) is 16.3. The molecule has 0 heterocycles. The molecule has 148 valence electrons. The van der Waals surface area contributed by atoms with Crippen molar-refractivity contribution in [3.63, 3.8) is 0 Å². The van der Waals surface area contributed by atoms with Crippen molar-refractivity contribution in [3.05, 3.63) is 82.9 Å². The van der Waals surface area contributed by atoms with Crippen LogP contribution in [0.3, 0.4) is 0 Å². The van der Waals surface area contributed by atoms with Crippen molar-refractivity contribution in [2.45, 2.75) is 6.42 Å². The van der Waals surface area contributed by atoms with E-state index in [0.29, 0.717) is 33.3 Å². The summed E-state index contributed by atoms with van der Waals surface area (Å²) in [6.07, 6.45) is 0.106. The van der Waals surface area contributed by atoms with Gasteiger partial charge < -0.3 is 21.5 Å². The molecule has 0 fully saturated rings. The number of ether oxygens (including phenoxy) is 1. The van der Waals surface area contributed by atoms with Crippen LogP contribution in [0.1, 0.15) is 27.1 Å². The zero-order valence-electron chi connectivity index (χ0n) is 15.5. The summed E-state index contributed by atoms with van der Waals surface area (Å²) in [6.45, 7) is 0.184. The maximum absolute atomic E-state index is 12.6. The van der Waals surface area contributed by atoms with Gasteiger partial charge in [0.1, 0.15) is 5.75 Å². The number of ketones is 1. The lowest BCUT2D eigenvalue weighted by molar-refractivity contribution is 0.0940. The molecule has 0 spiro atoms. The maximum atomic E-state index is 12.6. The quantitative estimate of drug-likeness (QED) is 0.398. The average Bonchev–Trinajstić information content (AvgIpc) is 2.71. The van der Waals surface area contributed by atoms with Crippen LogP contribution in [0.5, 0.6) is 11.5 Å². The summed E-state index contributed by atoms with van der Waals surface area (Å²) >= 11 is 5.87. The maximum Gasteiger partial charge on any atom is 0.251 e. The lowest BCUT2D eigenvalue weighted by atomic mass is 10.1. The van der Waals surface area contributed by atoms with Gasteiger partial charge in [-0.15, -0.1) is 0 Å². The fraction of sp³-hybridized carbons (Fsp3) is 0.0909. The number of benzene rings is 3. The number of rotatable bonds is 7. The molecule has 0 bridgehead atoms. The third-order valence-electron chi connectivity index (χ3n) is 4.22. The second kappa shape index (κ2) is 9.12. The van der Waals surface area contributed by atoms with E-state index in [1.54, 1.807) is 66.7 Å². The van der Waals surface area contributed by atoms with Crippen LogP contribution in [0.15, 0.2) is 66.7 Å². The lowest BCUT2D eigenvalue weighted by Crippen LogP contribution is -2.26. The fourth-order valence-electron chi connectivity index (χ4n) is 2.67. The molecule has 0 aromatic heterocycles. The first-order valence-corrected chi connectivity index (χ1v) is 9.30. The van der Waals surface area contributed by atoms with Gasteiger partial charge in [-0.2, -0.15) is 0 Å². The molecule has 5 N–H and O–H groups in total. The molecule has 29 heavy (non-hydrogen) atoms. The van der Waals surface area contributed by atoms with Crippen LogP contribution in [0.2, 0.25) is 5.02 Å². The molecular formula is C22H20ClN3O3. The fourth-order valence-corrected chi connectivity index (χ4v) is 2.79. The van der Waals surface area contributed by atoms with E-state index in [1.165, 1.54) is 0 Å². The Balaban J connectivity index is 1.61. The molecule has 0 radical (unpaired) electrons. The van der Waals surface area contributed by atoms with Crippen molar-refractivity contribution in [2.75, 3.05) is 18.0 Å². The summed E-state index contributed by atoms with van der Waals surface area (Å²) in [4.78, 5) is 24.7. The van der Waals surface area contributed by atoms with E-state index < -0.39 is 0 Å². The summed E-state index contributed by atoms with van der Waals surface area (Å²) in [5.41, 5.74) is 13.4. The van der Waals surface area contributed by atoms with Crippen LogP contribution in [0.25, 0.3) is 0 Å². The minimum absolute atomic E-state index is 0.106. The van der Waals surface area contributed by atoms with Gasteiger partial charge in [0, 0.05) is 34.8 Å². The van der Waals surface area contributed by atoms with Crippen LogP contribution in [-0.2, 0) is 0 Å². The van der Waals surface area contributed by atoms with Crippen molar-refractivity contribution >= 4 is 34.7 Å². The number of carbonyl (C=O) groups is 2. The van der Waals surface area contributed by atoms with Crippen LogP contribution in [-0.4, -0.2) is 18.2 Å². The highest BCUT2D eigenvalue weighted by atomic mass is 35.5. The van der Waals surface area contributed by atoms with Gasteiger partial charge >= 0.3 is 0 Å². The number of Topliss-reactive ketones (excluding diaryl/α,β-unsaturated/α-hetero) is 1. The second-order valence-corrected chi connectivity index (χ2v) is 6.76. The van der Waals surface area contributed by atoms with Crippen molar-refractivity contribution in [1.82, 2.24) is 5.32 Å². The predicted molar refractivity (Wildman–Crippen MR) is 115 cm³/mol. The summed E-state index contributed by atoms with van der Waals surface area (Å²) in [5.74, 6) is 0.470. The van der Waals surface area contributed by atoms with Gasteiger partial charge in [-0.1, -0.05) is 17.7 Å². The summed E-state index contributed by atoms with van der Waals surface area (Å²) < 4.78 is 5.75. The number of nitrogen functional groups attached to an aromatic ring is 2. The van der Waals surface area contributed by atoms with Crippen LogP contribution >= 0.6 is 11.6 Å². The minimum atomic E-state index is -0.273. The second-order valence-electron chi connectivity index (χ2n) is 6.32. The highest BCUT2D eigenvalue weighted by Gasteiger charge is 2.14. The Morgan fingerprint density at radius 2 is 1.62 bits per heavy atom. The monoisotopic (exact) mass is 409 g/mol. The Labute approximate surface area is 173 Å². The van der Waals surface area contributed by atoms with E-state index in [9.17, 15) is 9.59 Å². The van der Waals surface area contributed by atoms with Gasteiger partial charge in [0.05, 0.1) is 5.69 Å². The summed E-state index contributed by atoms with van der Waals surface area (Å²) in [7, 11) is 0. The number of nitrogens with two attached hydrogens (primary N) is 2. The van der Waals surface area contributed by atoms with Gasteiger partial charge in [-0.3, -0.25) is 9.59 Å². The van der Waals surface area contributed by atoms with Gasteiger partial charge in [0.2, 0.25) is 0 Å². The van der Waals surface area contributed by atoms with Crippen molar-refractivity contribution in [3.8, 4) is 11.5 Å². The normalized spacial score (nSPS) is 10.4. The third kappa shape index (κ3) is 5.27. The molecule has 6 nitrogen and oxygen atoms in total. The average molecular weight is 410 g/mol. The topological polar surface area (TPSA) is 107 Å². The van der Waals surface area contributed by atoms with E-state index in [4.69, 9.17) is 27.8 Å². The standard InChI is InChI=1S/C22H20ClN3O3/c23-15-6-10-17(11-7-15)29-20-3-1-2-18(21(20)25)19(27)12-13-26-22(28)14-4-8-16(24)9-5-14/h1-11H,12-13,24-25H2,(H,26,28). The Morgan fingerprint density at radius 3 is 2.31 bits per heavy atom. The van der Waals surface area contributed by atoms with Crippen molar-refractivity contribution < 1.29 is 14.3 Å². The Hall–Kier alpha value is -3.51. The first-order chi connectivity index (χ1) is 13.9. The van der Waals surface area contributed by atoms with Gasteiger partial charge in [-0.05, 0) is 60.7 Å². The van der Waals surface area contributed by atoms with Gasteiger partial charge in [-0.25, -0.2) is 0 Å². The highest BCUT2D eigenvalue weighted by molar-refractivity contribution is 6.30. The van der Waals surface area contributed by atoms with Crippen molar-refractivity contribution in [1.29, 1.82) is 0 Å². The molecule has 3 aromatic carbocycles. The molecule has 7 heteroatoms. The van der Waals surface area contributed by atoms with Gasteiger partial charge in [0.25, 0.3) is 5.91 Å². The number of para-hydroxylation sites is 1. The molecular weight excluding hydrogens is 390 g/mol. The number of carbonyl (C=O) groups excluding carboxylic acids is 2. The Kier molecular flexibility index (Phi) is 6.36. The molecule has 0 aliphatic heterocycles. The number of halogens is 1. The molecule has 1 amide bonds. The molecule has 0 saturated heterocycles. The number of anilines is 2. The van der Waals surface area contributed by atoms with E-state index in [0.717, 1.165) is 0 Å².